The molecule has 0 fully saturated rings. The number of carbonyl (C=O) groups excluding carboxylic acids is 2. The average Bonchev–Trinajstić information content (AvgIpc) is 3.01. The topological polar surface area (TPSA) is 86.8 Å². The van der Waals surface area contributed by atoms with Gasteiger partial charge in [0.25, 0.3) is 10.0 Å². The van der Waals surface area contributed by atoms with E-state index in [0.29, 0.717) is 27.7 Å². The molecular formula is C34H34Cl3N3O4S. The van der Waals surface area contributed by atoms with Gasteiger partial charge in [-0.15, -0.1) is 0 Å². The van der Waals surface area contributed by atoms with E-state index in [1.165, 1.54) is 23.1 Å². The molecule has 2 amide bonds. The number of hydrogen-bond donors (Lipinski definition) is 1. The lowest BCUT2D eigenvalue weighted by Gasteiger charge is -2.34. The summed E-state index contributed by atoms with van der Waals surface area (Å²) < 4.78 is 29.5. The molecule has 0 heterocycles. The number of carbonyl (C=O) groups is 2. The van der Waals surface area contributed by atoms with Crippen molar-refractivity contribution in [3.05, 3.63) is 128 Å². The van der Waals surface area contributed by atoms with Crippen molar-refractivity contribution in [1.82, 2.24) is 10.2 Å². The number of nitrogens with zero attached hydrogens (tertiary/aromatic N) is 2. The number of aryl methyl sites for hydroxylation is 2. The van der Waals surface area contributed by atoms with E-state index >= 15 is 0 Å². The fourth-order valence-corrected chi connectivity index (χ4v) is 6.84. The first kappa shape index (κ1) is 34.3. The van der Waals surface area contributed by atoms with E-state index in [1.807, 2.05) is 37.3 Å². The zero-order chi connectivity index (χ0) is 32.7. The van der Waals surface area contributed by atoms with Gasteiger partial charge < -0.3 is 10.2 Å². The molecule has 11 heteroatoms. The van der Waals surface area contributed by atoms with E-state index in [-0.39, 0.29) is 34.5 Å². The summed E-state index contributed by atoms with van der Waals surface area (Å²) in [6.45, 7) is 5.11. The van der Waals surface area contributed by atoms with Crippen molar-refractivity contribution in [1.29, 1.82) is 0 Å². The zero-order valence-electron chi connectivity index (χ0n) is 25.1. The first-order chi connectivity index (χ1) is 21.4. The Morgan fingerprint density at radius 1 is 0.822 bits per heavy atom. The minimum Gasteiger partial charge on any atom is -0.355 e. The van der Waals surface area contributed by atoms with Gasteiger partial charge in [-0.1, -0.05) is 95.0 Å². The van der Waals surface area contributed by atoms with Gasteiger partial charge in [0, 0.05) is 24.5 Å². The van der Waals surface area contributed by atoms with Crippen molar-refractivity contribution >= 4 is 62.3 Å². The molecule has 4 aromatic rings. The van der Waals surface area contributed by atoms with Gasteiger partial charge in [-0.2, -0.15) is 0 Å². The molecule has 0 aliphatic heterocycles. The Morgan fingerprint density at radius 2 is 1.51 bits per heavy atom. The minimum atomic E-state index is -4.25. The molecule has 1 N–H and O–H groups in total. The zero-order valence-corrected chi connectivity index (χ0v) is 28.2. The van der Waals surface area contributed by atoms with Crippen molar-refractivity contribution in [3.8, 4) is 0 Å². The highest BCUT2D eigenvalue weighted by Crippen LogP contribution is 2.31. The summed E-state index contributed by atoms with van der Waals surface area (Å²) in [6.07, 6.45) is 0.195. The van der Waals surface area contributed by atoms with Crippen molar-refractivity contribution in [2.24, 2.45) is 0 Å². The lowest BCUT2D eigenvalue weighted by atomic mass is 10.0. The summed E-state index contributed by atoms with van der Waals surface area (Å²) in [5.41, 5.74) is 3.18. The van der Waals surface area contributed by atoms with Gasteiger partial charge in [0.1, 0.15) is 12.6 Å². The van der Waals surface area contributed by atoms with Crippen LogP contribution in [-0.4, -0.2) is 44.3 Å². The molecule has 0 aliphatic carbocycles. The Balaban J connectivity index is 1.84. The molecule has 4 aromatic carbocycles. The molecule has 7 nitrogen and oxygen atoms in total. The Morgan fingerprint density at radius 3 is 2.16 bits per heavy atom. The molecule has 0 saturated carbocycles. The molecule has 0 saturated heterocycles. The van der Waals surface area contributed by atoms with Crippen LogP contribution in [0, 0.1) is 13.8 Å². The second-order valence-electron chi connectivity index (χ2n) is 10.6. The summed E-state index contributed by atoms with van der Waals surface area (Å²) in [6, 6.07) is 24.6. The number of rotatable bonds is 12. The highest BCUT2D eigenvalue weighted by molar-refractivity contribution is 7.92. The number of halogens is 3. The van der Waals surface area contributed by atoms with Crippen LogP contribution in [0.4, 0.5) is 5.69 Å². The third-order valence-electron chi connectivity index (χ3n) is 7.29. The lowest BCUT2D eigenvalue weighted by Crippen LogP contribution is -2.53. The Labute approximate surface area is 279 Å². The van der Waals surface area contributed by atoms with Crippen molar-refractivity contribution < 1.29 is 18.0 Å². The number of nitrogens with one attached hydrogen (secondary N) is 1. The van der Waals surface area contributed by atoms with Crippen molar-refractivity contribution in [2.75, 3.05) is 17.4 Å². The van der Waals surface area contributed by atoms with Gasteiger partial charge in [0.2, 0.25) is 11.8 Å². The average molecular weight is 687 g/mol. The van der Waals surface area contributed by atoms with E-state index < -0.39 is 28.5 Å². The maximum atomic E-state index is 14.5. The summed E-state index contributed by atoms with van der Waals surface area (Å²) >= 11 is 18.8. The Bertz CT molecular complexity index is 1770. The Kier molecular flexibility index (Phi) is 11.6. The minimum absolute atomic E-state index is 0.0147. The summed E-state index contributed by atoms with van der Waals surface area (Å²) in [5, 5.41) is 3.78. The molecule has 1 unspecified atom stereocenters. The smallest absolute Gasteiger partial charge is 0.264 e. The maximum absolute atomic E-state index is 14.5. The monoisotopic (exact) mass is 685 g/mol. The van der Waals surface area contributed by atoms with Gasteiger partial charge in [-0.05, 0) is 73.9 Å². The maximum Gasteiger partial charge on any atom is 0.264 e. The van der Waals surface area contributed by atoms with E-state index in [2.05, 4.69) is 5.32 Å². The number of anilines is 1. The quantitative estimate of drug-likeness (QED) is 0.170. The number of amides is 2. The number of benzene rings is 4. The molecule has 1 atom stereocenters. The summed E-state index contributed by atoms with van der Waals surface area (Å²) in [5.74, 6) is -0.968. The number of likely N-dealkylation sites (N-methyl/N-ethyl adjacent to an activating group) is 1. The molecule has 0 aliphatic rings. The molecule has 0 aromatic heterocycles. The largest absolute Gasteiger partial charge is 0.355 e. The molecule has 0 radical (unpaired) electrons. The fraction of sp³-hybridized carbons (Fsp3) is 0.235. The van der Waals surface area contributed by atoms with Crippen LogP contribution >= 0.6 is 34.8 Å². The van der Waals surface area contributed by atoms with Crippen LogP contribution in [0.25, 0.3) is 0 Å². The van der Waals surface area contributed by atoms with Crippen LogP contribution in [0.3, 0.4) is 0 Å². The third kappa shape index (κ3) is 8.58. The lowest BCUT2D eigenvalue weighted by molar-refractivity contribution is -0.140. The second-order valence-corrected chi connectivity index (χ2v) is 13.7. The molecule has 0 spiro atoms. The predicted molar refractivity (Wildman–Crippen MR) is 182 cm³/mol. The SMILES string of the molecule is CCNC(=O)C(Cc1ccccc1)N(Cc1ccc(Cl)c(Cl)c1)C(=O)CN(c1cc(Cl)ccc1C)S(=O)(=O)c1ccc(C)cc1. The first-order valence-electron chi connectivity index (χ1n) is 14.3. The van der Waals surface area contributed by atoms with Crippen LogP contribution in [0.5, 0.6) is 0 Å². The van der Waals surface area contributed by atoms with Crippen molar-refractivity contribution in [2.45, 2.75) is 44.7 Å². The van der Waals surface area contributed by atoms with Gasteiger partial charge >= 0.3 is 0 Å². The van der Waals surface area contributed by atoms with Crippen LogP contribution in [0.15, 0.2) is 95.9 Å². The standard InChI is InChI=1S/C34H34Cl3N3O4S/c1-4-38-34(42)32(19-25-8-6-5-7-9-25)39(21-26-13-17-29(36)30(37)18-26)33(41)22-40(31-20-27(35)14-12-24(31)3)45(43,44)28-15-10-23(2)11-16-28/h5-18,20,32H,4,19,21-22H2,1-3H3,(H,38,42). The van der Waals surface area contributed by atoms with Crippen molar-refractivity contribution in [3.63, 3.8) is 0 Å². The van der Waals surface area contributed by atoms with Crippen LogP contribution in [-0.2, 0) is 32.6 Å². The number of hydrogen-bond acceptors (Lipinski definition) is 4. The molecule has 4 rings (SSSR count). The predicted octanol–water partition coefficient (Wildman–Crippen LogP) is 7.24. The first-order valence-corrected chi connectivity index (χ1v) is 16.9. The molecule has 45 heavy (non-hydrogen) atoms. The van der Waals surface area contributed by atoms with Crippen LogP contribution < -0.4 is 9.62 Å². The number of sulfonamides is 1. The molecular weight excluding hydrogens is 653 g/mol. The van der Waals surface area contributed by atoms with Crippen LogP contribution in [0.1, 0.15) is 29.2 Å². The molecule has 0 bridgehead atoms. The highest BCUT2D eigenvalue weighted by Gasteiger charge is 2.35. The van der Waals surface area contributed by atoms with Gasteiger partial charge in [0.05, 0.1) is 20.6 Å². The normalized spacial score (nSPS) is 12.0. The fourth-order valence-electron chi connectivity index (χ4n) is 4.88. The molecule has 236 valence electrons. The van der Waals surface area contributed by atoms with E-state index in [4.69, 9.17) is 34.8 Å². The Hall–Kier alpha value is -3.56. The third-order valence-corrected chi connectivity index (χ3v) is 10.0. The van der Waals surface area contributed by atoms with E-state index in [1.54, 1.807) is 56.3 Å². The van der Waals surface area contributed by atoms with Gasteiger partial charge in [-0.3, -0.25) is 13.9 Å². The van der Waals surface area contributed by atoms with E-state index in [9.17, 15) is 18.0 Å². The summed E-state index contributed by atoms with van der Waals surface area (Å²) in [7, 11) is -4.25. The highest BCUT2D eigenvalue weighted by atomic mass is 35.5. The second kappa shape index (κ2) is 15.1. The van der Waals surface area contributed by atoms with Gasteiger partial charge in [0.15, 0.2) is 0 Å². The van der Waals surface area contributed by atoms with Crippen LogP contribution in [0.2, 0.25) is 15.1 Å². The summed E-state index contributed by atoms with van der Waals surface area (Å²) in [4.78, 5) is 29.5. The van der Waals surface area contributed by atoms with Gasteiger partial charge in [-0.25, -0.2) is 8.42 Å². The van der Waals surface area contributed by atoms with E-state index in [0.717, 1.165) is 15.4 Å².